The van der Waals surface area contributed by atoms with Crippen LogP contribution in [0.3, 0.4) is 0 Å². The number of hydrogen-bond donors (Lipinski definition) is 1. The summed E-state index contributed by atoms with van der Waals surface area (Å²) in [5, 5.41) is 0. The minimum absolute atomic E-state index is 0.916. The summed E-state index contributed by atoms with van der Waals surface area (Å²) >= 11 is 1.75. The molecule has 1 nitrogen and oxygen atoms in total. The number of nitrogen functional groups attached to an aromatic ring is 1. The van der Waals surface area contributed by atoms with Crippen molar-refractivity contribution in [2.45, 2.75) is 18.2 Å². The van der Waals surface area contributed by atoms with Gasteiger partial charge in [-0.2, -0.15) is 0 Å². The molecule has 0 fully saturated rings. The van der Waals surface area contributed by atoms with Crippen LogP contribution in [0.1, 0.15) is 12.5 Å². The lowest BCUT2D eigenvalue weighted by Crippen LogP contribution is -1.93. The smallest absolute Gasteiger partial charge is 0.0357 e. The summed E-state index contributed by atoms with van der Waals surface area (Å²) < 4.78 is 0. The first-order chi connectivity index (χ1) is 5.29. The molecular weight excluding hydrogens is 154 g/mol. The highest BCUT2D eigenvalue weighted by atomic mass is 32.2. The van der Waals surface area contributed by atoms with E-state index >= 15 is 0 Å². The van der Waals surface area contributed by atoms with Crippen molar-refractivity contribution in [3.05, 3.63) is 23.8 Å². The van der Waals surface area contributed by atoms with Crippen molar-refractivity contribution in [1.82, 2.24) is 0 Å². The molecule has 0 bridgehead atoms. The molecule has 0 heterocycles. The summed E-state index contributed by atoms with van der Waals surface area (Å²) in [6, 6.07) is 6.07. The standard InChI is InChI=1S/C9H13NS/c1-3-7-8(10)5-4-6-9(7)11-2/h4-6H,3,10H2,1-2H3. The van der Waals surface area contributed by atoms with E-state index in [0.717, 1.165) is 12.1 Å². The Hall–Kier alpha value is -0.630. The van der Waals surface area contributed by atoms with E-state index in [0.29, 0.717) is 0 Å². The third kappa shape index (κ3) is 1.69. The van der Waals surface area contributed by atoms with Crippen LogP contribution in [0.4, 0.5) is 5.69 Å². The summed E-state index contributed by atoms with van der Waals surface area (Å²) in [5.41, 5.74) is 7.99. The lowest BCUT2D eigenvalue weighted by Gasteiger charge is -2.06. The summed E-state index contributed by atoms with van der Waals surface area (Å²) in [6.45, 7) is 2.13. The molecule has 1 aromatic carbocycles. The van der Waals surface area contributed by atoms with Crippen molar-refractivity contribution >= 4 is 17.4 Å². The molecule has 0 aliphatic carbocycles. The molecule has 0 saturated carbocycles. The average molecular weight is 167 g/mol. The third-order valence-electron chi connectivity index (χ3n) is 1.74. The van der Waals surface area contributed by atoms with Gasteiger partial charge in [-0.1, -0.05) is 13.0 Å². The fourth-order valence-electron chi connectivity index (χ4n) is 1.15. The van der Waals surface area contributed by atoms with Crippen LogP contribution in [0.15, 0.2) is 23.1 Å². The Morgan fingerprint density at radius 3 is 2.64 bits per heavy atom. The molecule has 0 aliphatic rings. The second-order valence-corrected chi connectivity index (χ2v) is 3.23. The summed E-state index contributed by atoms with van der Waals surface area (Å²) in [5.74, 6) is 0. The molecular formula is C9H13NS. The number of rotatable bonds is 2. The first kappa shape index (κ1) is 8.47. The fourth-order valence-corrected chi connectivity index (χ4v) is 1.88. The molecule has 60 valence electrons. The monoisotopic (exact) mass is 167 g/mol. The van der Waals surface area contributed by atoms with Crippen LogP contribution in [0.25, 0.3) is 0 Å². The average Bonchev–Trinajstić information content (AvgIpc) is 2.04. The molecule has 0 amide bonds. The van der Waals surface area contributed by atoms with Crippen molar-refractivity contribution in [3.8, 4) is 0 Å². The quantitative estimate of drug-likeness (QED) is 0.541. The highest BCUT2D eigenvalue weighted by Crippen LogP contribution is 2.25. The van der Waals surface area contributed by atoms with E-state index in [1.54, 1.807) is 11.8 Å². The number of nitrogens with two attached hydrogens (primary N) is 1. The fraction of sp³-hybridized carbons (Fsp3) is 0.333. The zero-order valence-corrected chi connectivity index (χ0v) is 7.74. The van der Waals surface area contributed by atoms with Crippen LogP contribution in [-0.4, -0.2) is 6.26 Å². The Morgan fingerprint density at radius 1 is 1.45 bits per heavy atom. The second kappa shape index (κ2) is 3.67. The number of hydrogen-bond acceptors (Lipinski definition) is 2. The Morgan fingerprint density at radius 2 is 2.18 bits per heavy atom. The van der Waals surface area contributed by atoms with Crippen molar-refractivity contribution < 1.29 is 0 Å². The number of benzene rings is 1. The topological polar surface area (TPSA) is 26.0 Å². The second-order valence-electron chi connectivity index (χ2n) is 2.38. The van der Waals surface area contributed by atoms with Crippen LogP contribution in [-0.2, 0) is 6.42 Å². The molecule has 1 aromatic rings. The van der Waals surface area contributed by atoms with Gasteiger partial charge in [0.1, 0.15) is 0 Å². The van der Waals surface area contributed by atoms with Gasteiger partial charge in [-0.05, 0) is 30.4 Å². The van der Waals surface area contributed by atoms with Gasteiger partial charge >= 0.3 is 0 Å². The zero-order valence-electron chi connectivity index (χ0n) is 6.92. The van der Waals surface area contributed by atoms with E-state index in [4.69, 9.17) is 5.73 Å². The Labute approximate surface area is 72.0 Å². The van der Waals surface area contributed by atoms with Gasteiger partial charge in [-0.3, -0.25) is 0 Å². The first-order valence-corrected chi connectivity index (χ1v) is 4.93. The SMILES string of the molecule is CCc1c(N)cccc1SC. The van der Waals surface area contributed by atoms with Crippen LogP contribution < -0.4 is 5.73 Å². The van der Waals surface area contributed by atoms with Gasteiger partial charge < -0.3 is 5.73 Å². The maximum atomic E-state index is 5.79. The lowest BCUT2D eigenvalue weighted by molar-refractivity contribution is 1.09. The van der Waals surface area contributed by atoms with Gasteiger partial charge in [0, 0.05) is 10.6 Å². The van der Waals surface area contributed by atoms with Crippen LogP contribution >= 0.6 is 11.8 Å². The van der Waals surface area contributed by atoms with Crippen molar-refractivity contribution in [2.75, 3.05) is 12.0 Å². The van der Waals surface area contributed by atoms with Crippen LogP contribution in [0.2, 0.25) is 0 Å². The Bertz CT molecular complexity index is 245. The van der Waals surface area contributed by atoms with Gasteiger partial charge in [0.25, 0.3) is 0 Å². The largest absolute Gasteiger partial charge is 0.398 e. The van der Waals surface area contributed by atoms with E-state index < -0.39 is 0 Å². The highest BCUT2D eigenvalue weighted by Gasteiger charge is 2.01. The van der Waals surface area contributed by atoms with Gasteiger partial charge in [-0.15, -0.1) is 11.8 Å². The van der Waals surface area contributed by atoms with Crippen LogP contribution in [0.5, 0.6) is 0 Å². The summed E-state index contributed by atoms with van der Waals surface area (Å²) in [6.07, 6.45) is 3.09. The predicted molar refractivity (Wildman–Crippen MR) is 52.0 cm³/mol. The molecule has 0 saturated heterocycles. The maximum absolute atomic E-state index is 5.79. The van der Waals surface area contributed by atoms with Crippen molar-refractivity contribution in [2.24, 2.45) is 0 Å². The Kier molecular flexibility index (Phi) is 2.83. The number of anilines is 1. The molecule has 0 aromatic heterocycles. The maximum Gasteiger partial charge on any atom is 0.0357 e. The van der Waals surface area contributed by atoms with Crippen molar-refractivity contribution in [1.29, 1.82) is 0 Å². The van der Waals surface area contributed by atoms with Crippen LogP contribution in [0, 0.1) is 0 Å². The Balaban J connectivity index is 3.13. The van der Waals surface area contributed by atoms with Gasteiger partial charge in [0.15, 0.2) is 0 Å². The van der Waals surface area contributed by atoms with E-state index in [2.05, 4.69) is 19.2 Å². The molecule has 2 N–H and O–H groups in total. The van der Waals surface area contributed by atoms with E-state index in [1.165, 1.54) is 10.5 Å². The van der Waals surface area contributed by atoms with Crippen molar-refractivity contribution in [3.63, 3.8) is 0 Å². The minimum atomic E-state index is 0.916. The lowest BCUT2D eigenvalue weighted by atomic mass is 10.1. The molecule has 1 rings (SSSR count). The van der Waals surface area contributed by atoms with E-state index in [9.17, 15) is 0 Å². The molecule has 0 radical (unpaired) electrons. The predicted octanol–water partition coefficient (Wildman–Crippen LogP) is 2.55. The molecule has 11 heavy (non-hydrogen) atoms. The minimum Gasteiger partial charge on any atom is -0.398 e. The summed E-state index contributed by atoms with van der Waals surface area (Å²) in [7, 11) is 0. The zero-order chi connectivity index (χ0) is 8.27. The molecule has 0 atom stereocenters. The third-order valence-corrected chi connectivity index (χ3v) is 2.57. The molecule has 2 heteroatoms. The normalized spacial score (nSPS) is 10.0. The van der Waals surface area contributed by atoms with E-state index in [-0.39, 0.29) is 0 Å². The highest BCUT2D eigenvalue weighted by molar-refractivity contribution is 7.98. The molecule has 0 unspecified atom stereocenters. The molecule has 0 aliphatic heterocycles. The van der Waals surface area contributed by atoms with E-state index in [1.807, 2.05) is 12.1 Å². The van der Waals surface area contributed by atoms with Gasteiger partial charge in [0.05, 0.1) is 0 Å². The number of thioether (sulfide) groups is 1. The molecule has 0 spiro atoms. The van der Waals surface area contributed by atoms with Gasteiger partial charge in [-0.25, -0.2) is 0 Å². The first-order valence-electron chi connectivity index (χ1n) is 3.71. The summed E-state index contributed by atoms with van der Waals surface area (Å²) in [4.78, 5) is 1.30. The van der Waals surface area contributed by atoms with Gasteiger partial charge in [0.2, 0.25) is 0 Å².